The third-order valence-electron chi connectivity index (χ3n) is 5.35. The van der Waals surface area contributed by atoms with Crippen LogP contribution in [0.1, 0.15) is 31.2 Å². The molecule has 0 aromatic heterocycles. The van der Waals surface area contributed by atoms with Crippen LogP contribution < -0.4 is 20.1 Å². The van der Waals surface area contributed by atoms with E-state index in [2.05, 4.69) is 10.6 Å². The molecule has 146 valence electrons. The lowest BCUT2D eigenvalue weighted by atomic mass is 10.0. The Morgan fingerprint density at radius 3 is 3.00 bits per heavy atom. The normalized spacial score (nSPS) is 25.1. The number of urea groups is 1. The van der Waals surface area contributed by atoms with Gasteiger partial charge in [0.05, 0.1) is 12.1 Å². The van der Waals surface area contributed by atoms with E-state index < -0.39 is 0 Å². The Kier molecular flexibility index (Phi) is 5.33. The van der Waals surface area contributed by atoms with Gasteiger partial charge in [0, 0.05) is 31.0 Å². The van der Waals surface area contributed by atoms with Gasteiger partial charge in [0.15, 0.2) is 11.5 Å². The summed E-state index contributed by atoms with van der Waals surface area (Å²) in [7, 11) is 1.84. The molecule has 3 aliphatic heterocycles. The number of nitrogens with one attached hydrogen (secondary N) is 2. The first-order valence-corrected chi connectivity index (χ1v) is 10.5. The van der Waals surface area contributed by atoms with Crippen molar-refractivity contribution < 1.29 is 19.1 Å². The maximum Gasteiger partial charge on any atom is 0.315 e. The lowest BCUT2D eigenvalue weighted by molar-refractivity contribution is -0.130. The van der Waals surface area contributed by atoms with Gasteiger partial charge < -0.3 is 25.0 Å². The van der Waals surface area contributed by atoms with Gasteiger partial charge in [-0.05, 0) is 30.5 Å². The highest BCUT2D eigenvalue weighted by Crippen LogP contribution is 2.34. The van der Waals surface area contributed by atoms with E-state index in [0.717, 1.165) is 42.1 Å². The predicted molar refractivity (Wildman–Crippen MR) is 103 cm³/mol. The molecule has 3 atom stereocenters. The summed E-state index contributed by atoms with van der Waals surface area (Å²) in [6.45, 7) is 0.823. The Morgan fingerprint density at radius 1 is 1.26 bits per heavy atom. The summed E-state index contributed by atoms with van der Waals surface area (Å²) in [6.07, 6.45) is 3.46. The number of ether oxygens (including phenoxy) is 2. The number of hydrogen-bond donors (Lipinski definition) is 2. The van der Waals surface area contributed by atoms with Crippen LogP contribution >= 0.6 is 11.8 Å². The third-order valence-corrected chi connectivity index (χ3v) is 6.86. The highest BCUT2D eigenvalue weighted by atomic mass is 32.2. The Bertz CT molecular complexity index is 729. The molecule has 3 heterocycles. The van der Waals surface area contributed by atoms with Crippen LogP contribution in [0.15, 0.2) is 18.2 Å². The number of hydrogen-bond acceptors (Lipinski definition) is 5. The van der Waals surface area contributed by atoms with Gasteiger partial charge in [0.2, 0.25) is 12.7 Å². The highest BCUT2D eigenvalue weighted by Gasteiger charge is 2.42. The lowest BCUT2D eigenvalue weighted by Crippen LogP contribution is -2.36. The van der Waals surface area contributed by atoms with E-state index >= 15 is 0 Å². The Hall–Kier alpha value is -2.09. The Balaban J connectivity index is 1.17. The fourth-order valence-electron chi connectivity index (χ4n) is 3.86. The van der Waals surface area contributed by atoms with Gasteiger partial charge in [-0.25, -0.2) is 4.79 Å². The zero-order chi connectivity index (χ0) is 18.8. The SMILES string of the molecule is CN(Cc1ccc2c(c1)OCO2)C(=O)CCCC[C@@H]1SC[C@@H]2NC(=O)N[C@@H]21. The smallest absolute Gasteiger partial charge is 0.315 e. The molecule has 1 aromatic carbocycles. The Morgan fingerprint density at radius 2 is 2.11 bits per heavy atom. The molecule has 8 heteroatoms. The minimum absolute atomic E-state index is 0.0457. The molecule has 0 spiro atoms. The maximum atomic E-state index is 12.4. The van der Waals surface area contributed by atoms with Crippen molar-refractivity contribution >= 4 is 23.7 Å². The number of fused-ring (bicyclic) bond motifs is 2. The standard InChI is InChI=1S/C19H25N3O4S/c1-22(9-12-6-7-14-15(8-12)26-11-25-14)17(23)5-3-2-4-16-18-13(10-27-16)20-19(24)21-18/h6-8,13,16,18H,2-5,9-11H2,1H3,(H2,20,21,24)/t13-,16-,18-/m0/s1. The summed E-state index contributed by atoms with van der Waals surface area (Å²) in [5.41, 5.74) is 1.04. The Labute approximate surface area is 163 Å². The zero-order valence-corrected chi connectivity index (χ0v) is 16.2. The van der Waals surface area contributed by atoms with E-state index in [1.807, 2.05) is 37.0 Å². The van der Waals surface area contributed by atoms with Crippen molar-refractivity contribution in [1.82, 2.24) is 15.5 Å². The van der Waals surface area contributed by atoms with Gasteiger partial charge in [0.25, 0.3) is 0 Å². The fourth-order valence-corrected chi connectivity index (χ4v) is 5.40. The third kappa shape index (κ3) is 4.10. The van der Waals surface area contributed by atoms with E-state index in [1.54, 1.807) is 4.90 Å². The van der Waals surface area contributed by atoms with Crippen molar-refractivity contribution in [3.63, 3.8) is 0 Å². The minimum atomic E-state index is -0.0457. The largest absolute Gasteiger partial charge is 0.454 e. The summed E-state index contributed by atoms with van der Waals surface area (Å²) >= 11 is 1.92. The summed E-state index contributed by atoms with van der Waals surface area (Å²) < 4.78 is 10.7. The molecule has 3 aliphatic rings. The monoisotopic (exact) mass is 391 g/mol. The molecule has 0 radical (unpaired) electrons. The van der Waals surface area contributed by atoms with Crippen LogP contribution in [0.5, 0.6) is 11.5 Å². The number of thioether (sulfide) groups is 1. The van der Waals surface area contributed by atoms with Crippen molar-refractivity contribution in [2.75, 3.05) is 19.6 Å². The minimum Gasteiger partial charge on any atom is -0.454 e. The number of carbonyl (C=O) groups is 2. The molecule has 27 heavy (non-hydrogen) atoms. The van der Waals surface area contributed by atoms with E-state index in [1.165, 1.54) is 0 Å². The van der Waals surface area contributed by atoms with E-state index in [4.69, 9.17) is 9.47 Å². The summed E-state index contributed by atoms with van der Waals surface area (Å²) in [5, 5.41) is 6.43. The van der Waals surface area contributed by atoms with Crippen LogP contribution in [0.3, 0.4) is 0 Å². The molecule has 4 rings (SSSR count). The molecule has 7 nitrogen and oxygen atoms in total. The van der Waals surface area contributed by atoms with Crippen LogP contribution in [0.4, 0.5) is 4.79 Å². The van der Waals surface area contributed by atoms with Crippen molar-refractivity contribution in [3.05, 3.63) is 23.8 Å². The molecule has 2 fully saturated rings. The topological polar surface area (TPSA) is 79.9 Å². The summed E-state index contributed by atoms with van der Waals surface area (Å²) in [5.74, 6) is 2.63. The average molecular weight is 391 g/mol. The van der Waals surface area contributed by atoms with Crippen molar-refractivity contribution in [2.45, 2.75) is 49.6 Å². The first kappa shape index (κ1) is 18.3. The van der Waals surface area contributed by atoms with Gasteiger partial charge in [-0.3, -0.25) is 4.79 Å². The first-order valence-electron chi connectivity index (χ1n) is 9.41. The van der Waals surface area contributed by atoms with Gasteiger partial charge in [-0.15, -0.1) is 0 Å². The van der Waals surface area contributed by atoms with E-state index in [0.29, 0.717) is 18.2 Å². The molecule has 3 amide bonds. The molecule has 2 N–H and O–H groups in total. The van der Waals surface area contributed by atoms with Crippen LogP contribution in [-0.4, -0.2) is 53.8 Å². The number of nitrogens with zero attached hydrogens (tertiary/aromatic N) is 1. The number of carbonyl (C=O) groups excluding carboxylic acids is 2. The second kappa shape index (κ2) is 7.88. The fraction of sp³-hybridized carbons (Fsp3) is 0.579. The molecule has 1 aromatic rings. The number of benzene rings is 1. The van der Waals surface area contributed by atoms with Crippen LogP contribution in [0.25, 0.3) is 0 Å². The van der Waals surface area contributed by atoms with Crippen LogP contribution in [0.2, 0.25) is 0 Å². The highest BCUT2D eigenvalue weighted by molar-refractivity contribution is 8.00. The van der Waals surface area contributed by atoms with Gasteiger partial charge in [-0.2, -0.15) is 11.8 Å². The van der Waals surface area contributed by atoms with Gasteiger partial charge in [0.1, 0.15) is 0 Å². The van der Waals surface area contributed by atoms with Crippen molar-refractivity contribution in [2.24, 2.45) is 0 Å². The molecule has 2 saturated heterocycles. The maximum absolute atomic E-state index is 12.4. The molecular weight excluding hydrogens is 366 g/mol. The second-order valence-electron chi connectivity index (χ2n) is 7.31. The molecule has 0 aliphatic carbocycles. The quantitative estimate of drug-likeness (QED) is 0.550. The number of amides is 3. The second-order valence-corrected chi connectivity index (χ2v) is 8.58. The first-order chi connectivity index (χ1) is 13.1. The molecule has 0 saturated carbocycles. The average Bonchev–Trinajstić information content (AvgIpc) is 3.34. The molecule has 0 unspecified atom stereocenters. The van der Waals surface area contributed by atoms with Gasteiger partial charge >= 0.3 is 6.03 Å². The van der Waals surface area contributed by atoms with Crippen LogP contribution in [-0.2, 0) is 11.3 Å². The zero-order valence-electron chi connectivity index (χ0n) is 15.4. The lowest BCUT2D eigenvalue weighted by Gasteiger charge is -2.19. The van der Waals surface area contributed by atoms with Crippen molar-refractivity contribution in [3.8, 4) is 11.5 Å². The van der Waals surface area contributed by atoms with E-state index in [-0.39, 0.29) is 30.8 Å². The van der Waals surface area contributed by atoms with E-state index in [9.17, 15) is 9.59 Å². The van der Waals surface area contributed by atoms with Crippen LogP contribution in [0, 0.1) is 0 Å². The number of unbranched alkanes of at least 4 members (excludes halogenated alkanes) is 1. The number of rotatable bonds is 7. The molecule has 0 bridgehead atoms. The summed E-state index contributed by atoms with van der Waals surface area (Å²) in [4.78, 5) is 25.6. The summed E-state index contributed by atoms with van der Waals surface area (Å²) in [6, 6.07) is 6.25. The van der Waals surface area contributed by atoms with Gasteiger partial charge in [-0.1, -0.05) is 12.5 Å². The van der Waals surface area contributed by atoms with Crippen molar-refractivity contribution in [1.29, 1.82) is 0 Å². The predicted octanol–water partition coefficient (Wildman–Crippen LogP) is 2.10. The molecular formula is C19H25N3O4S.